The number of hydrogen-bond donors (Lipinski definition) is 1. The molecule has 1 N–H and O–H groups in total. The summed E-state index contributed by atoms with van der Waals surface area (Å²) in [6.07, 6.45) is 8.65. The van der Waals surface area contributed by atoms with Crippen LogP contribution in [0.1, 0.15) is 32.6 Å². The third-order valence-corrected chi connectivity index (χ3v) is 3.24. The van der Waals surface area contributed by atoms with Crippen molar-refractivity contribution in [3.63, 3.8) is 0 Å². The van der Waals surface area contributed by atoms with Crippen LogP contribution in [0, 0.1) is 0 Å². The quantitative estimate of drug-likeness (QED) is 0.229. The fraction of sp³-hybridized carbons (Fsp3) is 0.895. The second kappa shape index (κ2) is 24.3. The van der Waals surface area contributed by atoms with Gasteiger partial charge in [-0.05, 0) is 18.9 Å². The van der Waals surface area contributed by atoms with E-state index in [0.717, 1.165) is 6.42 Å². The third-order valence-electron chi connectivity index (χ3n) is 3.24. The standard InChI is InChI=1S/C19H38O7/c1-2-3-4-5-6-8-21-10-12-23-14-16-25-18-19-26-17-15-24-13-11-22-9-7-20/h6,8,20H,2-5,7,9-19H2,1H3. The highest BCUT2D eigenvalue weighted by atomic mass is 16.6. The lowest BCUT2D eigenvalue weighted by molar-refractivity contribution is -0.0155. The van der Waals surface area contributed by atoms with Gasteiger partial charge in [-0.3, -0.25) is 0 Å². The van der Waals surface area contributed by atoms with Gasteiger partial charge in [0, 0.05) is 0 Å². The first-order valence-corrected chi connectivity index (χ1v) is 9.68. The predicted molar refractivity (Wildman–Crippen MR) is 100 cm³/mol. The Balaban J connectivity index is 3.01. The van der Waals surface area contributed by atoms with E-state index in [-0.39, 0.29) is 6.61 Å². The molecule has 0 aliphatic carbocycles. The highest BCUT2D eigenvalue weighted by molar-refractivity contribution is 4.72. The molecule has 0 aromatic rings. The fourth-order valence-electron chi connectivity index (χ4n) is 1.87. The number of aliphatic hydroxyl groups is 1. The summed E-state index contributed by atoms with van der Waals surface area (Å²) in [6.45, 7) is 7.97. The van der Waals surface area contributed by atoms with E-state index < -0.39 is 0 Å². The summed E-state index contributed by atoms with van der Waals surface area (Å²) in [4.78, 5) is 0. The predicted octanol–water partition coefficient (Wildman–Crippen LogP) is 2.17. The second-order valence-corrected chi connectivity index (χ2v) is 5.52. The van der Waals surface area contributed by atoms with Crippen LogP contribution in [0.3, 0.4) is 0 Å². The largest absolute Gasteiger partial charge is 0.499 e. The van der Waals surface area contributed by atoms with Gasteiger partial charge in [-0.1, -0.05) is 19.8 Å². The van der Waals surface area contributed by atoms with Gasteiger partial charge in [-0.15, -0.1) is 0 Å². The maximum atomic E-state index is 8.52. The molecule has 0 aromatic carbocycles. The van der Waals surface area contributed by atoms with Crippen LogP contribution in [0.2, 0.25) is 0 Å². The van der Waals surface area contributed by atoms with Gasteiger partial charge >= 0.3 is 0 Å². The van der Waals surface area contributed by atoms with Crippen molar-refractivity contribution < 1.29 is 33.5 Å². The minimum absolute atomic E-state index is 0.0401. The zero-order valence-electron chi connectivity index (χ0n) is 16.4. The first-order valence-electron chi connectivity index (χ1n) is 9.68. The Labute approximate surface area is 158 Å². The molecule has 0 spiro atoms. The maximum absolute atomic E-state index is 8.52. The molecular weight excluding hydrogens is 340 g/mol. The van der Waals surface area contributed by atoms with Gasteiger partial charge in [0.15, 0.2) is 0 Å². The number of aliphatic hydroxyl groups excluding tert-OH is 1. The van der Waals surface area contributed by atoms with Crippen LogP contribution in [-0.4, -0.2) is 84.4 Å². The Morgan fingerprint density at radius 3 is 1.54 bits per heavy atom. The normalized spacial score (nSPS) is 11.5. The summed E-state index contributed by atoms with van der Waals surface area (Å²) in [5.41, 5.74) is 0. The van der Waals surface area contributed by atoms with Crippen LogP contribution < -0.4 is 0 Å². The van der Waals surface area contributed by atoms with E-state index in [2.05, 4.69) is 13.0 Å². The zero-order valence-corrected chi connectivity index (χ0v) is 16.4. The molecule has 0 radical (unpaired) electrons. The molecule has 0 heterocycles. The van der Waals surface area contributed by atoms with E-state index in [9.17, 15) is 0 Å². The minimum atomic E-state index is 0.0401. The Bertz CT molecular complexity index is 275. The van der Waals surface area contributed by atoms with E-state index in [1.165, 1.54) is 19.3 Å². The van der Waals surface area contributed by atoms with Crippen LogP contribution >= 0.6 is 0 Å². The van der Waals surface area contributed by atoms with Gasteiger partial charge in [0.25, 0.3) is 0 Å². The first kappa shape index (κ1) is 25.3. The van der Waals surface area contributed by atoms with Crippen LogP contribution in [0.15, 0.2) is 12.3 Å². The zero-order chi connectivity index (χ0) is 19.0. The first-order chi connectivity index (χ1) is 12.9. The highest BCUT2D eigenvalue weighted by Crippen LogP contribution is 1.99. The molecular formula is C19H38O7. The van der Waals surface area contributed by atoms with E-state index >= 15 is 0 Å². The molecule has 0 unspecified atom stereocenters. The maximum Gasteiger partial charge on any atom is 0.111 e. The lowest BCUT2D eigenvalue weighted by Crippen LogP contribution is -2.14. The number of hydrogen-bond acceptors (Lipinski definition) is 7. The van der Waals surface area contributed by atoms with Crippen molar-refractivity contribution in [1.29, 1.82) is 0 Å². The molecule has 0 amide bonds. The van der Waals surface area contributed by atoms with Crippen molar-refractivity contribution in [2.45, 2.75) is 32.6 Å². The van der Waals surface area contributed by atoms with Crippen molar-refractivity contribution in [3.05, 3.63) is 12.3 Å². The molecule has 7 nitrogen and oxygen atoms in total. The molecule has 156 valence electrons. The molecule has 7 heteroatoms. The summed E-state index contributed by atoms with van der Waals surface area (Å²) in [5, 5.41) is 8.52. The Hall–Kier alpha value is -0.700. The average molecular weight is 379 g/mol. The summed E-state index contributed by atoms with van der Waals surface area (Å²) >= 11 is 0. The van der Waals surface area contributed by atoms with Crippen LogP contribution in [0.25, 0.3) is 0 Å². The van der Waals surface area contributed by atoms with Crippen molar-refractivity contribution in [1.82, 2.24) is 0 Å². The van der Waals surface area contributed by atoms with E-state index in [4.69, 9.17) is 33.5 Å². The minimum Gasteiger partial charge on any atom is -0.499 e. The third kappa shape index (κ3) is 23.3. The summed E-state index contributed by atoms with van der Waals surface area (Å²) < 4.78 is 31.9. The van der Waals surface area contributed by atoms with E-state index in [0.29, 0.717) is 72.7 Å². The average Bonchev–Trinajstić information content (AvgIpc) is 2.66. The highest BCUT2D eigenvalue weighted by Gasteiger charge is 1.93. The summed E-state index contributed by atoms with van der Waals surface area (Å²) in [6, 6.07) is 0. The summed E-state index contributed by atoms with van der Waals surface area (Å²) in [5.74, 6) is 0. The SMILES string of the molecule is CCCCCC=COCCOCCOCCOCCOCCOCCO. The Morgan fingerprint density at radius 1 is 0.615 bits per heavy atom. The molecule has 26 heavy (non-hydrogen) atoms. The molecule has 0 saturated heterocycles. The number of unbranched alkanes of at least 4 members (excludes halogenated alkanes) is 3. The van der Waals surface area contributed by atoms with Gasteiger partial charge in [0.1, 0.15) is 6.61 Å². The number of ether oxygens (including phenoxy) is 6. The van der Waals surface area contributed by atoms with Crippen LogP contribution in [0.4, 0.5) is 0 Å². The Kier molecular flexibility index (Phi) is 23.6. The smallest absolute Gasteiger partial charge is 0.111 e. The van der Waals surface area contributed by atoms with Crippen molar-refractivity contribution in [2.24, 2.45) is 0 Å². The van der Waals surface area contributed by atoms with Crippen molar-refractivity contribution >= 4 is 0 Å². The number of allylic oxidation sites excluding steroid dienone is 1. The molecule has 0 bridgehead atoms. The van der Waals surface area contributed by atoms with Crippen molar-refractivity contribution in [3.8, 4) is 0 Å². The fourth-order valence-corrected chi connectivity index (χ4v) is 1.87. The molecule has 0 aliphatic rings. The van der Waals surface area contributed by atoms with Gasteiger partial charge < -0.3 is 33.5 Å². The van der Waals surface area contributed by atoms with Gasteiger partial charge in [-0.25, -0.2) is 0 Å². The lowest BCUT2D eigenvalue weighted by Gasteiger charge is -2.07. The van der Waals surface area contributed by atoms with Crippen LogP contribution in [-0.2, 0) is 28.4 Å². The molecule has 0 rings (SSSR count). The van der Waals surface area contributed by atoms with Crippen molar-refractivity contribution in [2.75, 3.05) is 79.3 Å². The van der Waals surface area contributed by atoms with Gasteiger partial charge in [0.2, 0.25) is 0 Å². The lowest BCUT2D eigenvalue weighted by atomic mass is 10.2. The van der Waals surface area contributed by atoms with E-state index in [1.807, 2.05) is 0 Å². The number of rotatable bonds is 22. The van der Waals surface area contributed by atoms with Gasteiger partial charge in [-0.2, -0.15) is 0 Å². The molecule has 0 atom stereocenters. The topological polar surface area (TPSA) is 75.6 Å². The monoisotopic (exact) mass is 378 g/mol. The molecule has 0 aliphatic heterocycles. The molecule has 0 saturated carbocycles. The second-order valence-electron chi connectivity index (χ2n) is 5.52. The van der Waals surface area contributed by atoms with E-state index in [1.54, 1.807) is 6.26 Å². The Morgan fingerprint density at radius 2 is 1.08 bits per heavy atom. The van der Waals surface area contributed by atoms with Gasteiger partial charge in [0.05, 0.1) is 78.9 Å². The molecule has 0 fully saturated rings. The van der Waals surface area contributed by atoms with Crippen LogP contribution in [0.5, 0.6) is 0 Å². The summed E-state index contributed by atoms with van der Waals surface area (Å²) in [7, 11) is 0. The molecule has 0 aromatic heterocycles.